The van der Waals surface area contributed by atoms with Crippen molar-refractivity contribution in [1.82, 2.24) is 25.0 Å². The molecule has 1 saturated heterocycles. The van der Waals surface area contributed by atoms with E-state index in [0.717, 1.165) is 50.3 Å². The number of aryl methyl sites for hydroxylation is 1. The molecule has 0 aromatic carbocycles. The number of hydrogen-bond donors (Lipinski definition) is 1. The van der Waals surface area contributed by atoms with Crippen molar-refractivity contribution in [2.45, 2.75) is 39.7 Å². The van der Waals surface area contributed by atoms with Crippen molar-refractivity contribution in [2.75, 3.05) is 39.9 Å². The summed E-state index contributed by atoms with van der Waals surface area (Å²) in [7, 11) is 1.71. The third kappa shape index (κ3) is 6.54. The zero-order chi connectivity index (χ0) is 16.5. The fourth-order valence-corrected chi connectivity index (χ4v) is 2.92. The largest absolute Gasteiger partial charge is 0.383 e. The predicted octanol–water partition coefficient (Wildman–Crippen LogP) is 1.78. The van der Waals surface area contributed by atoms with Crippen molar-refractivity contribution in [1.29, 1.82) is 0 Å². The summed E-state index contributed by atoms with van der Waals surface area (Å²) >= 11 is 0. The molecule has 1 atom stereocenters. The van der Waals surface area contributed by atoms with Crippen LogP contribution in [-0.4, -0.2) is 65.5 Å². The number of aliphatic imine (C=N–C) groups is 1. The molecule has 24 heavy (non-hydrogen) atoms. The van der Waals surface area contributed by atoms with Gasteiger partial charge in [0.25, 0.3) is 0 Å². The monoisotopic (exact) mass is 450 g/mol. The molecule has 1 fully saturated rings. The van der Waals surface area contributed by atoms with Gasteiger partial charge in [0.05, 0.1) is 13.2 Å². The molecule has 1 N–H and O–H groups in total. The van der Waals surface area contributed by atoms with Crippen LogP contribution in [0.5, 0.6) is 0 Å². The molecular weight excluding hydrogens is 419 g/mol. The maximum Gasteiger partial charge on any atom is 0.194 e. The van der Waals surface area contributed by atoms with Gasteiger partial charge in [0.15, 0.2) is 5.96 Å². The van der Waals surface area contributed by atoms with E-state index in [4.69, 9.17) is 9.73 Å². The Balaban J connectivity index is 0.00000288. The van der Waals surface area contributed by atoms with Crippen LogP contribution >= 0.6 is 24.0 Å². The van der Waals surface area contributed by atoms with Gasteiger partial charge in [0.1, 0.15) is 12.2 Å². The van der Waals surface area contributed by atoms with Crippen LogP contribution in [0.1, 0.15) is 32.5 Å². The van der Waals surface area contributed by atoms with Gasteiger partial charge < -0.3 is 19.5 Å². The number of guanidine groups is 1. The van der Waals surface area contributed by atoms with Crippen LogP contribution in [0.15, 0.2) is 11.3 Å². The van der Waals surface area contributed by atoms with Crippen molar-refractivity contribution in [3.63, 3.8) is 0 Å². The Kier molecular flexibility index (Phi) is 10.2. The highest BCUT2D eigenvalue weighted by Gasteiger charge is 2.19. The Morgan fingerprint density at radius 2 is 2.33 bits per heavy atom. The second kappa shape index (κ2) is 11.6. The van der Waals surface area contributed by atoms with Crippen LogP contribution < -0.4 is 5.32 Å². The molecule has 0 spiro atoms. The first-order valence-electron chi connectivity index (χ1n) is 8.63. The van der Waals surface area contributed by atoms with E-state index in [1.165, 1.54) is 12.8 Å². The summed E-state index contributed by atoms with van der Waals surface area (Å²) in [5, 5.41) is 11.6. The summed E-state index contributed by atoms with van der Waals surface area (Å²) in [6.45, 7) is 9.58. The minimum Gasteiger partial charge on any atom is -0.383 e. The molecule has 8 heteroatoms. The highest BCUT2D eigenvalue weighted by Crippen LogP contribution is 2.15. The topological polar surface area (TPSA) is 67.6 Å². The first-order valence-corrected chi connectivity index (χ1v) is 8.63. The van der Waals surface area contributed by atoms with Crippen LogP contribution in [0.3, 0.4) is 0 Å². The molecule has 1 aliphatic rings. The maximum atomic E-state index is 5.12. The van der Waals surface area contributed by atoms with Gasteiger partial charge in [-0.2, -0.15) is 0 Å². The molecule has 0 aliphatic carbocycles. The van der Waals surface area contributed by atoms with Gasteiger partial charge in [-0.1, -0.05) is 13.8 Å². The van der Waals surface area contributed by atoms with E-state index < -0.39 is 0 Å². The van der Waals surface area contributed by atoms with Crippen molar-refractivity contribution >= 4 is 29.9 Å². The van der Waals surface area contributed by atoms with E-state index >= 15 is 0 Å². The summed E-state index contributed by atoms with van der Waals surface area (Å²) in [5.41, 5.74) is 0. The minimum absolute atomic E-state index is 0. The molecule has 0 saturated carbocycles. The van der Waals surface area contributed by atoms with E-state index in [1.54, 1.807) is 13.4 Å². The predicted molar refractivity (Wildman–Crippen MR) is 107 cm³/mol. The molecule has 1 unspecified atom stereocenters. The van der Waals surface area contributed by atoms with Crippen LogP contribution in [-0.2, 0) is 17.7 Å². The van der Waals surface area contributed by atoms with Crippen molar-refractivity contribution in [2.24, 2.45) is 10.9 Å². The van der Waals surface area contributed by atoms with Gasteiger partial charge in [-0.15, -0.1) is 34.2 Å². The Labute approximate surface area is 162 Å². The van der Waals surface area contributed by atoms with Crippen molar-refractivity contribution < 1.29 is 4.74 Å². The number of likely N-dealkylation sites (tertiary alicyclic amines) is 1. The molecule has 1 aromatic rings. The molecule has 0 bridgehead atoms. The summed E-state index contributed by atoms with van der Waals surface area (Å²) in [5.74, 6) is 2.75. The summed E-state index contributed by atoms with van der Waals surface area (Å²) < 4.78 is 7.22. The van der Waals surface area contributed by atoms with Gasteiger partial charge in [-0.3, -0.25) is 4.99 Å². The van der Waals surface area contributed by atoms with E-state index in [9.17, 15) is 0 Å². The first-order chi connectivity index (χ1) is 11.2. The normalized spacial score (nSPS) is 18.4. The SMILES string of the molecule is CCc1nncn1CCNC(=NCCOC)N1CCCC(C)C1.I. The van der Waals surface area contributed by atoms with E-state index in [1.807, 2.05) is 0 Å². The molecule has 7 nitrogen and oxygen atoms in total. The number of halogens is 1. The molecule has 138 valence electrons. The molecule has 0 radical (unpaired) electrons. The lowest BCUT2D eigenvalue weighted by molar-refractivity contribution is 0.206. The lowest BCUT2D eigenvalue weighted by Gasteiger charge is -2.33. The highest BCUT2D eigenvalue weighted by atomic mass is 127. The number of nitrogens with zero attached hydrogens (tertiary/aromatic N) is 5. The quantitative estimate of drug-likeness (QED) is 0.297. The Bertz CT molecular complexity index is 493. The number of rotatable bonds is 7. The van der Waals surface area contributed by atoms with Gasteiger partial charge in [0, 0.05) is 39.7 Å². The Morgan fingerprint density at radius 3 is 3.04 bits per heavy atom. The summed E-state index contributed by atoms with van der Waals surface area (Å²) in [6, 6.07) is 0. The number of ether oxygens (including phenoxy) is 1. The van der Waals surface area contributed by atoms with Gasteiger partial charge >= 0.3 is 0 Å². The third-order valence-electron chi connectivity index (χ3n) is 4.16. The number of aromatic nitrogens is 3. The summed E-state index contributed by atoms with van der Waals surface area (Å²) in [6.07, 6.45) is 5.24. The van der Waals surface area contributed by atoms with E-state index in [2.05, 4.69) is 38.8 Å². The second-order valence-electron chi connectivity index (χ2n) is 6.11. The molecule has 0 amide bonds. The number of hydrogen-bond acceptors (Lipinski definition) is 4. The molecule has 2 rings (SSSR count). The zero-order valence-electron chi connectivity index (χ0n) is 15.1. The fourth-order valence-electron chi connectivity index (χ4n) is 2.92. The molecular formula is C16H31IN6O. The Hall–Kier alpha value is -0.900. The molecule has 1 aromatic heterocycles. The Morgan fingerprint density at radius 1 is 1.50 bits per heavy atom. The average Bonchev–Trinajstić information content (AvgIpc) is 3.01. The minimum atomic E-state index is 0. The number of methoxy groups -OCH3 is 1. The third-order valence-corrected chi connectivity index (χ3v) is 4.16. The van der Waals surface area contributed by atoms with Crippen molar-refractivity contribution in [3.8, 4) is 0 Å². The molecule has 2 heterocycles. The summed E-state index contributed by atoms with van der Waals surface area (Å²) in [4.78, 5) is 7.07. The van der Waals surface area contributed by atoms with Gasteiger partial charge in [-0.05, 0) is 18.8 Å². The van der Waals surface area contributed by atoms with Crippen LogP contribution in [0, 0.1) is 5.92 Å². The fraction of sp³-hybridized carbons (Fsp3) is 0.812. The molecule has 1 aliphatic heterocycles. The van der Waals surface area contributed by atoms with Gasteiger partial charge in [-0.25, -0.2) is 0 Å². The van der Waals surface area contributed by atoms with Crippen LogP contribution in [0.4, 0.5) is 0 Å². The lowest BCUT2D eigenvalue weighted by atomic mass is 10.0. The average molecular weight is 450 g/mol. The maximum absolute atomic E-state index is 5.12. The number of nitrogens with one attached hydrogen (secondary N) is 1. The first kappa shape index (κ1) is 21.1. The van der Waals surface area contributed by atoms with Gasteiger partial charge in [0.2, 0.25) is 0 Å². The second-order valence-corrected chi connectivity index (χ2v) is 6.11. The lowest BCUT2D eigenvalue weighted by Crippen LogP contribution is -2.47. The van der Waals surface area contributed by atoms with Crippen LogP contribution in [0.25, 0.3) is 0 Å². The standard InChI is InChI=1S/C16H30N6O.HI/c1-4-15-20-19-13-22(15)10-7-17-16(18-8-11-23-3)21-9-5-6-14(2)12-21;/h13-14H,4-12H2,1-3H3,(H,17,18);1H. The van der Waals surface area contributed by atoms with Crippen molar-refractivity contribution in [3.05, 3.63) is 12.2 Å². The highest BCUT2D eigenvalue weighted by molar-refractivity contribution is 14.0. The van der Waals surface area contributed by atoms with E-state index in [0.29, 0.717) is 13.2 Å². The number of piperidine rings is 1. The van der Waals surface area contributed by atoms with Crippen LogP contribution in [0.2, 0.25) is 0 Å². The smallest absolute Gasteiger partial charge is 0.194 e. The zero-order valence-corrected chi connectivity index (χ0v) is 17.4. The van der Waals surface area contributed by atoms with E-state index in [-0.39, 0.29) is 24.0 Å².